The van der Waals surface area contributed by atoms with E-state index in [9.17, 15) is 9.59 Å². The number of aryl methyl sites for hydroxylation is 3. The molecular weight excluding hydrogens is 354 g/mol. The van der Waals surface area contributed by atoms with Gasteiger partial charge in [0.05, 0.1) is 5.69 Å². The van der Waals surface area contributed by atoms with Crippen molar-refractivity contribution in [3.63, 3.8) is 0 Å². The second kappa shape index (κ2) is 9.22. The van der Waals surface area contributed by atoms with Crippen LogP contribution in [-0.2, 0) is 29.5 Å². The van der Waals surface area contributed by atoms with Crippen LogP contribution in [0.2, 0.25) is 0 Å². The number of carbonyl (C=O) groups is 2. The lowest BCUT2D eigenvalue weighted by atomic mass is 10.1. The summed E-state index contributed by atoms with van der Waals surface area (Å²) in [6.45, 7) is 12.9. The van der Waals surface area contributed by atoms with Gasteiger partial charge in [0.15, 0.2) is 6.61 Å². The highest BCUT2D eigenvalue weighted by molar-refractivity contribution is 5.99. The molecule has 154 valence electrons. The number of carbonyl (C=O) groups excluding carboxylic acids is 2. The Hall–Kier alpha value is -2.37. The number of Topliss-reactive ketones (excluding diaryl/α,β-unsaturated/α-hetero) is 1. The summed E-state index contributed by atoms with van der Waals surface area (Å²) >= 11 is 0. The Morgan fingerprint density at radius 2 is 1.82 bits per heavy atom. The predicted molar refractivity (Wildman–Crippen MR) is 110 cm³/mol. The molecule has 0 aliphatic heterocycles. The molecule has 28 heavy (non-hydrogen) atoms. The highest BCUT2D eigenvalue weighted by Gasteiger charge is 2.18. The van der Waals surface area contributed by atoms with Gasteiger partial charge < -0.3 is 9.30 Å². The molecule has 2 rings (SSSR count). The van der Waals surface area contributed by atoms with Crippen molar-refractivity contribution in [3.8, 4) is 0 Å². The van der Waals surface area contributed by atoms with Crippen LogP contribution >= 0.6 is 0 Å². The zero-order valence-corrected chi connectivity index (χ0v) is 18.3. The lowest BCUT2D eigenvalue weighted by Crippen LogP contribution is -2.15. The van der Waals surface area contributed by atoms with Crippen LogP contribution in [0.25, 0.3) is 0 Å². The predicted octanol–water partition coefficient (Wildman–Crippen LogP) is 3.86. The van der Waals surface area contributed by atoms with E-state index in [0.29, 0.717) is 17.9 Å². The lowest BCUT2D eigenvalue weighted by molar-refractivity contribution is -0.142. The number of hydrogen-bond acceptors (Lipinski definition) is 4. The number of ether oxygens (including phenoxy) is 1. The zero-order valence-electron chi connectivity index (χ0n) is 18.3. The van der Waals surface area contributed by atoms with Gasteiger partial charge in [-0.15, -0.1) is 0 Å². The van der Waals surface area contributed by atoms with Crippen molar-refractivity contribution >= 4 is 11.8 Å². The van der Waals surface area contributed by atoms with Gasteiger partial charge in [-0.1, -0.05) is 13.8 Å². The minimum absolute atomic E-state index is 0.147. The van der Waals surface area contributed by atoms with E-state index in [-0.39, 0.29) is 24.8 Å². The van der Waals surface area contributed by atoms with Crippen molar-refractivity contribution in [1.82, 2.24) is 14.3 Å². The molecule has 0 aliphatic rings. The number of aromatic nitrogens is 3. The molecular formula is C22H33N3O3. The van der Waals surface area contributed by atoms with E-state index in [1.165, 1.54) is 0 Å². The van der Waals surface area contributed by atoms with Crippen LogP contribution < -0.4 is 0 Å². The molecule has 0 saturated heterocycles. The van der Waals surface area contributed by atoms with E-state index in [0.717, 1.165) is 41.3 Å². The highest BCUT2D eigenvalue weighted by atomic mass is 16.5. The minimum Gasteiger partial charge on any atom is -0.457 e. The molecule has 0 fully saturated rings. The van der Waals surface area contributed by atoms with Crippen LogP contribution in [0.5, 0.6) is 0 Å². The Bertz CT molecular complexity index is 859. The SMILES string of the molecule is Cc1nn(C)c(C)c1CCC(=O)OCC(=O)c1cc(C)n(CCC(C)C)c1C. The minimum atomic E-state index is -0.357. The molecule has 0 bridgehead atoms. The summed E-state index contributed by atoms with van der Waals surface area (Å²) in [5, 5.41) is 4.36. The first-order chi connectivity index (χ1) is 13.1. The Balaban J connectivity index is 1.91. The summed E-state index contributed by atoms with van der Waals surface area (Å²) in [5.41, 5.74) is 5.71. The van der Waals surface area contributed by atoms with Crippen molar-refractivity contribution in [3.05, 3.63) is 40.0 Å². The summed E-state index contributed by atoms with van der Waals surface area (Å²) in [6, 6.07) is 1.90. The fraction of sp³-hybridized carbons (Fsp3) is 0.591. The summed E-state index contributed by atoms with van der Waals surface area (Å²) in [4.78, 5) is 24.7. The fourth-order valence-electron chi connectivity index (χ4n) is 3.52. The molecule has 6 heteroatoms. The third kappa shape index (κ3) is 5.12. The molecule has 2 heterocycles. The number of nitrogens with zero attached hydrogens (tertiary/aromatic N) is 3. The number of esters is 1. The third-order valence-electron chi connectivity index (χ3n) is 5.41. The zero-order chi connectivity index (χ0) is 21.0. The highest BCUT2D eigenvalue weighted by Crippen LogP contribution is 2.18. The van der Waals surface area contributed by atoms with E-state index in [1.54, 1.807) is 0 Å². The van der Waals surface area contributed by atoms with Crippen LogP contribution in [0.15, 0.2) is 6.07 Å². The largest absolute Gasteiger partial charge is 0.457 e. The average molecular weight is 388 g/mol. The normalized spacial score (nSPS) is 11.3. The molecule has 0 aliphatic carbocycles. The standard InChI is InChI=1S/C22H33N3O3/c1-14(2)10-11-25-15(3)12-20(18(25)6)21(26)13-28-22(27)9-8-19-16(4)23-24(7)17(19)5/h12,14H,8-11,13H2,1-7H3. The molecule has 0 atom stereocenters. The van der Waals surface area contributed by atoms with Gasteiger partial charge in [0.2, 0.25) is 5.78 Å². The molecule has 0 N–H and O–H groups in total. The average Bonchev–Trinajstić information content (AvgIpc) is 3.04. The summed E-state index contributed by atoms with van der Waals surface area (Å²) in [5.74, 6) is 0.101. The van der Waals surface area contributed by atoms with Gasteiger partial charge in [-0.2, -0.15) is 5.10 Å². The fourth-order valence-corrected chi connectivity index (χ4v) is 3.52. The van der Waals surface area contributed by atoms with Gasteiger partial charge in [0.1, 0.15) is 0 Å². The van der Waals surface area contributed by atoms with Crippen LogP contribution in [-0.4, -0.2) is 32.7 Å². The molecule has 0 aromatic carbocycles. The van der Waals surface area contributed by atoms with Crippen molar-refractivity contribution in [2.45, 2.75) is 67.3 Å². The Kier molecular flexibility index (Phi) is 7.22. The molecule has 6 nitrogen and oxygen atoms in total. The monoisotopic (exact) mass is 387 g/mol. The molecule has 0 radical (unpaired) electrons. The smallest absolute Gasteiger partial charge is 0.306 e. The first kappa shape index (κ1) is 21.9. The number of hydrogen-bond donors (Lipinski definition) is 0. The van der Waals surface area contributed by atoms with Gasteiger partial charge in [0.25, 0.3) is 0 Å². The summed E-state index contributed by atoms with van der Waals surface area (Å²) in [7, 11) is 1.89. The van der Waals surface area contributed by atoms with E-state index in [2.05, 4.69) is 23.5 Å². The maximum Gasteiger partial charge on any atom is 0.306 e. The molecule has 2 aromatic heterocycles. The molecule has 2 aromatic rings. The van der Waals surface area contributed by atoms with Gasteiger partial charge in [-0.25, -0.2) is 0 Å². The maximum absolute atomic E-state index is 12.6. The second-order valence-corrected chi connectivity index (χ2v) is 7.98. The van der Waals surface area contributed by atoms with Gasteiger partial charge in [0, 0.05) is 42.7 Å². The molecule has 0 unspecified atom stereocenters. The van der Waals surface area contributed by atoms with Crippen molar-refractivity contribution in [2.75, 3.05) is 6.61 Å². The van der Waals surface area contributed by atoms with Crippen LogP contribution in [0, 0.1) is 33.6 Å². The topological polar surface area (TPSA) is 66.1 Å². The van der Waals surface area contributed by atoms with Crippen molar-refractivity contribution in [1.29, 1.82) is 0 Å². The van der Waals surface area contributed by atoms with E-state index < -0.39 is 0 Å². The Labute approximate surface area is 167 Å². The molecule has 0 amide bonds. The first-order valence-corrected chi connectivity index (χ1v) is 9.96. The lowest BCUT2D eigenvalue weighted by Gasteiger charge is -2.11. The first-order valence-electron chi connectivity index (χ1n) is 9.96. The van der Waals surface area contributed by atoms with Crippen LogP contribution in [0.1, 0.15) is 65.4 Å². The maximum atomic E-state index is 12.6. The number of rotatable bonds is 9. The molecule has 0 spiro atoms. The van der Waals surface area contributed by atoms with Gasteiger partial charge >= 0.3 is 5.97 Å². The summed E-state index contributed by atoms with van der Waals surface area (Å²) < 4.78 is 9.23. The van der Waals surface area contributed by atoms with E-state index >= 15 is 0 Å². The van der Waals surface area contributed by atoms with E-state index in [1.807, 2.05) is 45.5 Å². The van der Waals surface area contributed by atoms with Gasteiger partial charge in [-0.05, 0) is 58.1 Å². The Morgan fingerprint density at radius 3 is 2.39 bits per heavy atom. The summed E-state index contributed by atoms with van der Waals surface area (Å²) in [6.07, 6.45) is 1.88. The van der Waals surface area contributed by atoms with Crippen molar-refractivity contribution < 1.29 is 14.3 Å². The van der Waals surface area contributed by atoms with Crippen LogP contribution in [0.3, 0.4) is 0 Å². The quantitative estimate of drug-likeness (QED) is 0.484. The third-order valence-corrected chi connectivity index (χ3v) is 5.41. The molecule has 0 saturated carbocycles. The number of ketones is 1. The van der Waals surface area contributed by atoms with Crippen molar-refractivity contribution in [2.24, 2.45) is 13.0 Å². The second-order valence-electron chi connectivity index (χ2n) is 7.98. The van der Waals surface area contributed by atoms with Crippen LogP contribution in [0.4, 0.5) is 0 Å². The van der Waals surface area contributed by atoms with Gasteiger partial charge in [-0.3, -0.25) is 14.3 Å². The van der Waals surface area contributed by atoms with E-state index in [4.69, 9.17) is 4.74 Å². The Morgan fingerprint density at radius 1 is 1.14 bits per heavy atom.